The predicted octanol–water partition coefficient (Wildman–Crippen LogP) is 0.818. The quantitative estimate of drug-likeness (QED) is 0.841. The van der Waals surface area contributed by atoms with Crippen molar-refractivity contribution in [3.05, 3.63) is 5.82 Å². The number of rotatable bonds is 5. The fraction of sp³-hybridized carbons (Fsp3) is 0.917. The Balaban J connectivity index is 2.04. The second kappa shape index (κ2) is 6.24. The van der Waals surface area contributed by atoms with Crippen molar-refractivity contribution >= 4 is 0 Å². The molecular formula is C12H23N5O. The summed E-state index contributed by atoms with van der Waals surface area (Å²) in [5.74, 6) is 0.907. The lowest BCUT2D eigenvalue weighted by atomic mass is 9.98. The molecule has 0 bridgehead atoms. The van der Waals surface area contributed by atoms with E-state index in [1.54, 1.807) is 0 Å². The number of hydrogen-bond donors (Lipinski definition) is 1. The van der Waals surface area contributed by atoms with Crippen LogP contribution in [0, 0.1) is 0 Å². The maximum Gasteiger partial charge on any atom is 0.165 e. The molecule has 1 saturated heterocycles. The maximum absolute atomic E-state index is 9.85. The highest BCUT2D eigenvalue weighted by atomic mass is 16.3. The van der Waals surface area contributed by atoms with Crippen LogP contribution in [0.25, 0.3) is 0 Å². The Morgan fingerprint density at radius 2 is 2.28 bits per heavy atom. The van der Waals surface area contributed by atoms with Gasteiger partial charge in [-0.25, -0.2) is 4.68 Å². The molecule has 6 heteroatoms. The summed E-state index contributed by atoms with van der Waals surface area (Å²) in [7, 11) is 0. The molecule has 6 nitrogen and oxygen atoms in total. The summed E-state index contributed by atoms with van der Waals surface area (Å²) in [6.45, 7) is 6.61. The van der Waals surface area contributed by atoms with Gasteiger partial charge in [-0.2, -0.15) is 0 Å². The van der Waals surface area contributed by atoms with Gasteiger partial charge in [0.1, 0.15) is 0 Å². The van der Waals surface area contributed by atoms with Gasteiger partial charge in [0.2, 0.25) is 0 Å². The number of nitrogens with zero attached hydrogens (tertiary/aromatic N) is 5. The zero-order valence-corrected chi connectivity index (χ0v) is 11.3. The van der Waals surface area contributed by atoms with Gasteiger partial charge < -0.3 is 5.11 Å². The van der Waals surface area contributed by atoms with E-state index in [0.717, 1.165) is 38.3 Å². The van der Waals surface area contributed by atoms with E-state index in [4.69, 9.17) is 0 Å². The Kier molecular flexibility index (Phi) is 4.66. The zero-order valence-electron chi connectivity index (χ0n) is 11.3. The Morgan fingerprint density at radius 1 is 1.44 bits per heavy atom. The Bertz CT molecular complexity index is 365. The number of aliphatic hydroxyl groups is 1. The van der Waals surface area contributed by atoms with E-state index in [0.29, 0.717) is 0 Å². The van der Waals surface area contributed by atoms with Crippen LogP contribution in [-0.2, 0) is 13.1 Å². The molecule has 1 aliphatic rings. The van der Waals surface area contributed by atoms with Crippen LogP contribution in [-0.4, -0.2) is 48.9 Å². The molecule has 0 saturated carbocycles. The third-order valence-electron chi connectivity index (χ3n) is 3.61. The summed E-state index contributed by atoms with van der Waals surface area (Å²) in [6, 6.07) is 0.241. The number of aromatic nitrogens is 4. The summed E-state index contributed by atoms with van der Waals surface area (Å²) in [6.07, 6.45) is 4.19. The summed E-state index contributed by atoms with van der Waals surface area (Å²) < 4.78 is 1.87. The lowest BCUT2D eigenvalue weighted by Crippen LogP contribution is -2.45. The fourth-order valence-electron chi connectivity index (χ4n) is 2.66. The number of aryl methyl sites for hydroxylation is 1. The molecule has 0 spiro atoms. The number of hydrogen-bond acceptors (Lipinski definition) is 5. The standard InChI is InChI=1S/C12H23N5O/c1-3-7-17-12(13-14-15-17)9-16-8-5-4-6-11(16)10(2)18/h10-11,18H,3-9H2,1-2H3/t10-,11+/m0/s1. The Morgan fingerprint density at radius 3 is 3.00 bits per heavy atom. The van der Waals surface area contributed by atoms with Crippen LogP contribution in [0.3, 0.4) is 0 Å². The van der Waals surface area contributed by atoms with Gasteiger partial charge in [-0.1, -0.05) is 13.3 Å². The van der Waals surface area contributed by atoms with Gasteiger partial charge in [0.05, 0.1) is 12.6 Å². The number of likely N-dealkylation sites (tertiary alicyclic amines) is 1. The van der Waals surface area contributed by atoms with Gasteiger partial charge in [0.15, 0.2) is 5.82 Å². The van der Waals surface area contributed by atoms with Crippen LogP contribution >= 0.6 is 0 Å². The predicted molar refractivity (Wildman–Crippen MR) is 67.8 cm³/mol. The summed E-state index contributed by atoms with van der Waals surface area (Å²) in [5, 5.41) is 21.7. The van der Waals surface area contributed by atoms with Crippen molar-refractivity contribution in [3.63, 3.8) is 0 Å². The third kappa shape index (κ3) is 3.05. The molecule has 1 fully saturated rings. The highest BCUT2D eigenvalue weighted by Crippen LogP contribution is 2.21. The molecule has 2 atom stereocenters. The number of tetrazole rings is 1. The van der Waals surface area contributed by atoms with Crippen molar-refractivity contribution < 1.29 is 5.11 Å². The van der Waals surface area contributed by atoms with E-state index in [1.165, 1.54) is 12.8 Å². The first-order valence-electron chi connectivity index (χ1n) is 6.89. The monoisotopic (exact) mass is 253 g/mol. The molecule has 0 aliphatic carbocycles. The lowest BCUT2D eigenvalue weighted by Gasteiger charge is -2.36. The molecule has 102 valence electrons. The van der Waals surface area contributed by atoms with Crippen molar-refractivity contribution in [1.29, 1.82) is 0 Å². The molecular weight excluding hydrogens is 230 g/mol. The lowest BCUT2D eigenvalue weighted by molar-refractivity contribution is 0.0294. The molecule has 0 aromatic carbocycles. The van der Waals surface area contributed by atoms with E-state index in [1.807, 2.05) is 11.6 Å². The highest BCUT2D eigenvalue weighted by Gasteiger charge is 2.27. The second-order valence-electron chi connectivity index (χ2n) is 5.09. The largest absolute Gasteiger partial charge is 0.392 e. The van der Waals surface area contributed by atoms with Crippen molar-refractivity contribution in [3.8, 4) is 0 Å². The SMILES string of the molecule is CCCn1nnnc1CN1CCCC[C@@H]1[C@H](C)O. The van der Waals surface area contributed by atoms with Crippen molar-refractivity contribution in [2.24, 2.45) is 0 Å². The van der Waals surface area contributed by atoms with E-state index >= 15 is 0 Å². The number of piperidine rings is 1. The summed E-state index contributed by atoms with van der Waals surface area (Å²) >= 11 is 0. The van der Waals surface area contributed by atoms with Crippen LogP contribution in [0.5, 0.6) is 0 Å². The van der Waals surface area contributed by atoms with E-state index in [2.05, 4.69) is 27.3 Å². The minimum absolute atomic E-state index is 0.241. The average molecular weight is 253 g/mol. The topological polar surface area (TPSA) is 67.1 Å². The van der Waals surface area contributed by atoms with E-state index < -0.39 is 0 Å². The molecule has 1 aromatic rings. The van der Waals surface area contributed by atoms with Gasteiger partial charge >= 0.3 is 0 Å². The average Bonchev–Trinajstić information content (AvgIpc) is 2.78. The first kappa shape index (κ1) is 13.4. The van der Waals surface area contributed by atoms with Gasteiger partial charge in [-0.05, 0) is 43.2 Å². The minimum atomic E-state index is -0.291. The van der Waals surface area contributed by atoms with Gasteiger partial charge in [0.25, 0.3) is 0 Å². The highest BCUT2D eigenvalue weighted by molar-refractivity contribution is 4.87. The molecule has 1 aromatic heterocycles. The zero-order chi connectivity index (χ0) is 13.0. The third-order valence-corrected chi connectivity index (χ3v) is 3.61. The minimum Gasteiger partial charge on any atom is -0.392 e. The molecule has 1 N–H and O–H groups in total. The summed E-state index contributed by atoms with van der Waals surface area (Å²) in [5.41, 5.74) is 0. The Labute approximate surface area is 108 Å². The summed E-state index contributed by atoms with van der Waals surface area (Å²) in [4.78, 5) is 2.31. The molecule has 0 amide bonds. The smallest absolute Gasteiger partial charge is 0.165 e. The normalized spacial score (nSPS) is 23.2. The Hall–Kier alpha value is -1.01. The van der Waals surface area contributed by atoms with Gasteiger partial charge in [0, 0.05) is 12.6 Å². The molecule has 1 aliphatic heterocycles. The van der Waals surface area contributed by atoms with Crippen molar-refractivity contribution in [2.45, 2.75) is 64.8 Å². The number of aliphatic hydroxyl groups excluding tert-OH is 1. The fourth-order valence-corrected chi connectivity index (χ4v) is 2.66. The van der Waals surface area contributed by atoms with Gasteiger partial charge in [-0.15, -0.1) is 5.10 Å². The van der Waals surface area contributed by atoms with Crippen LogP contribution in [0.15, 0.2) is 0 Å². The van der Waals surface area contributed by atoms with Crippen LogP contribution in [0.1, 0.15) is 45.4 Å². The van der Waals surface area contributed by atoms with Crippen molar-refractivity contribution in [2.75, 3.05) is 6.54 Å². The van der Waals surface area contributed by atoms with E-state index in [-0.39, 0.29) is 12.1 Å². The maximum atomic E-state index is 9.85. The molecule has 2 rings (SSSR count). The van der Waals surface area contributed by atoms with E-state index in [9.17, 15) is 5.11 Å². The van der Waals surface area contributed by atoms with Crippen LogP contribution < -0.4 is 0 Å². The molecule has 0 unspecified atom stereocenters. The first-order chi connectivity index (χ1) is 8.72. The van der Waals surface area contributed by atoms with Crippen LogP contribution in [0.2, 0.25) is 0 Å². The van der Waals surface area contributed by atoms with Crippen molar-refractivity contribution in [1.82, 2.24) is 25.1 Å². The van der Waals surface area contributed by atoms with Crippen LogP contribution in [0.4, 0.5) is 0 Å². The first-order valence-corrected chi connectivity index (χ1v) is 6.89. The molecule has 0 radical (unpaired) electrons. The second-order valence-corrected chi connectivity index (χ2v) is 5.09. The molecule has 18 heavy (non-hydrogen) atoms. The molecule has 2 heterocycles. The van der Waals surface area contributed by atoms with Gasteiger partial charge in [-0.3, -0.25) is 4.90 Å².